The predicted molar refractivity (Wildman–Crippen MR) is 385 cm³/mol. The van der Waals surface area contributed by atoms with Gasteiger partial charge in [0.1, 0.15) is 51.7 Å². The lowest BCUT2D eigenvalue weighted by atomic mass is 10.00. The summed E-state index contributed by atoms with van der Waals surface area (Å²) in [6.07, 6.45) is 16.7. The predicted octanol–water partition coefficient (Wildman–Crippen LogP) is 9.90. The van der Waals surface area contributed by atoms with Crippen molar-refractivity contribution in [1.82, 2.24) is 53.2 Å². The van der Waals surface area contributed by atoms with Crippen LogP contribution in [-0.2, 0) is 57.6 Å². The van der Waals surface area contributed by atoms with Gasteiger partial charge in [0.2, 0.25) is 0 Å². The van der Waals surface area contributed by atoms with Gasteiger partial charge in [0, 0.05) is 143 Å². The molecule has 0 radical (unpaired) electrons. The van der Waals surface area contributed by atoms with E-state index in [4.69, 9.17) is 26.6 Å². The number of benzene rings is 2. The van der Waals surface area contributed by atoms with Crippen molar-refractivity contribution < 1.29 is 32.6 Å². The first-order valence-corrected chi connectivity index (χ1v) is 34.3. The number of aromatic nitrogens is 7. The Hall–Kier alpha value is -8.82. The molecule has 9 aromatic rings. The number of ketones is 1. The maximum absolute atomic E-state index is 13.0. The molecule has 11 heterocycles. The summed E-state index contributed by atoms with van der Waals surface area (Å²) in [6, 6.07) is 26.6. The number of nitrogens with two attached hydrogens (primary N) is 1. The Morgan fingerprint density at radius 1 is 0.602 bits per heavy atom. The van der Waals surface area contributed by atoms with Crippen LogP contribution in [0.5, 0.6) is 0 Å². The van der Waals surface area contributed by atoms with Crippen molar-refractivity contribution in [1.29, 1.82) is 0 Å². The molecule has 0 aliphatic carbocycles. The zero-order valence-electron chi connectivity index (χ0n) is 55.4. The van der Waals surface area contributed by atoms with Gasteiger partial charge in [-0.2, -0.15) is 0 Å². The molecule has 4 aliphatic rings. The monoisotopic (exact) mass is 1520 g/mol. The number of anilines is 1. The highest BCUT2D eigenvalue weighted by Crippen LogP contribution is 2.21. The summed E-state index contributed by atoms with van der Waals surface area (Å²) in [5.74, 6) is 7.02. The Kier molecular flexibility index (Phi) is 27.2. The highest BCUT2D eigenvalue weighted by atomic mass is 79.9. The standard InChI is InChI=1S/C21H18FN3O.C14H23NO5.C13H14BrN3O.C12H12BrN3O.C8H5F.C5H5BrN2/c1-24-11-9-18-19(10-12-24)23-20-14-16(8-13-25(20)21(18)26)3-2-15-4-6-17(22)7-5-15;1-5-19-12(17)10-6-8-15(9-7-11(10)16)13(18)20-14(2,3)4;1-16-5-3-10-11(4-6-16)15-12-8-9(14)2-7-17(12)13(10)18;13-8-3-6-16-11(7-8)15-10-2-5-14-4-1-9(10)12(16)17;1-2-7-3-5-8(9)6-4-7;6-4-1-2-8-5(7)3-4/h4-8,13-14H,9-12H2,1H3;10H,5-9H2,1-4H3;2,7-8H,3-6H2,1H3;3,6-7,14H,1-2,4-5H2;1,3-6H;1-3H,(H2,7,8). The van der Waals surface area contributed by atoms with Gasteiger partial charge in [0.15, 0.2) is 0 Å². The number of ether oxygens (including phenoxy) is 2. The lowest BCUT2D eigenvalue weighted by Crippen LogP contribution is -2.37. The van der Waals surface area contributed by atoms with Crippen LogP contribution in [-0.4, -0.2) is 144 Å². The molecule has 1 atom stereocenters. The molecule has 20 nitrogen and oxygen atoms in total. The number of hydrogen-bond donors (Lipinski definition) is 2. The quantitative estimate of drug-likeness (QED) is 0.0931. The van der Waals surface area contributed by atoms with Crippen LogP contribution in [0, 0.1) is 41.7 Å². The summed E-state index contributed by atoms with van der Waals surface area (Å²) >= 11 is 10.1. The fourth-order valence-corrected chi connectivity index (χ4v) is 11.7. The lowest BCUT2D eigenvalue weighted by Gasteiger charge is -2.26. The summed E-state index contributed by atoms with van der Waals surface area (Å²) in [5, 5.41) is 3.29. The van der Waals surface area contributed by atoms with Crippen LogP contribution >= 0.6 is 47.8 Å². The van der Waals surface area contributed by atoms with E-state index in [1.165, 1.54) is 29.2 Å². The van der Waals surface area contributed by atoms with E-state index < -0.39 is 23.6 Å². The van der Waals surface area contributed by atoms with Gasteiger partial charge in [-0.3, -0.25) is 37.2 Å². The largest absolute Gasteiger partial charge is 0.465 e. The molecular weight excluding hydrogens is 1450 g/mol. The van der Waals surface area contributed by atoms with Gasteiger partial charge in [-0.1, -0.05) is 65.6 Å². The van der Waals surface area contributed by atoms with E-state index in [1.54, 1.807) is 96.0 Å². The highest BCUT2D eigenvalue weighted by Gasteiger charge is 2.34. The average molecular weight is 1530 g/mol. The van der Waals surface area contributed by atoms with Crippen molar-refractivity contribution in [3.05, 3.63) is 228 Å². The number of esters is 1. The third-order valence-electron chi connectivity index (χ3n) is 15.9. The number of nitrogens with one attached hydrogen (secondary N) is 1. The number of amides is 1. The van der Waals surface area contributed by atoms with Gasteiger partial charge in [-0.15, -0.1) is 6.42 Å². The maximum atomic E-state index is 13.0. The first kappa shape index (κ1) is 75.0. The number of halogens is 5. The van der Waals surface area contributed by atoms with Crippen LogP contribution in [0.4, 0.5) is 19.4 Å². The van der Waals surface area contributed by atoms with Crippen molar-refractivity contribution in [3.63, 3.8) is 0 Å². The van der Waals surface area contributed by atoms with Gasteiger partial charge in [-0.05, 0) is 171 Å². The fourth-order valence-electron chi connectivity index (χ4n) is 10.7. The molecule has 98 heavy (non-hydrogen) atoms. The summed E-state index contributed by atoms with van der Waals surface area (Å²) < 4.78 is 43.0. The third kappa shape index (κ3) is 21.6. The molecule has 0 saturated carbocycles. The van der Waals surface area contributed by atoms with Crippen molar-refractivity contribution >= 4 is 88.4 Å². The molecule has 0 bridgehead atoms. The Morgan fingerprint density at radius 3 is 1.57 bits per heavy atom. The number of nitrogens with zero attached hydrogens (tertiary/aromatic N) is 10. The van der Waals surface area contributed by atoms with E-state index in [1.807, 2.05) is 42.5 Å². The van der Waals surface area contributed by atoms with Gasteiger partial charge in [0.05, 0.1) is 23.7 Å². The van der Waals surface area contributed by atoms with Crippen LogP contribution in [0.1, 0.15) is 91.0 Å². The minimum absolute atomic E-state index is 0.0124. The van der Waals surface area contributed by atoms with Crippen molar-refractivity contribution in [2.75, 3.05) is 78.8 Å². The molecule has 0 spiro atoms. The molecule has 2 aromatic carbocycles. The van der Waals surface area contributed by atoms with Gasteiger partial charge < -0.3 is 35.2 Å². The number of fused-ring (bicyclic) bond motifs is 6. The van der Waals surface area contributed by atoms with Crippen molar-refractivity contribution in [2.45, 2.75) is 84.7 Å². The van der Waals surface area contributed by atoms with Crippen LogP contribution in [0.25, 0.3) is 16.9 Å². The van der Waals surface area contributed by atoms with Gasteiger partial charge in [0.25, 0.3) is 16.7 Å². The number of Topliss-reactive ketones (excluding diaryl/α,β-unsaturated/α-hetero) is 1. The second-order valence-corrected chi connectivity index (χ2v) is 27.0. The Morgan fingerprint density at radius 2 is 1.07 bits per heavy atom. The number of terminal acetylenes is 1. The zero-order chi connectivity index (χ0) is 70.6. The highest BCUT2D eigenvalue weighted by molar-refractivity contribution is 9.11. The number of likely N-dealkylation sites (N-methyl/N-ethyl adjacent to an activating group) is 2. The smallest absolute Gasteiger partial charge is 0.410 e. The Balaban J connectivity index is 0.000000156. The SMILES string of the molecule is C#Cc1ccc(F)cc1.CCOC(=O)C1CCN(C(=O)OC(C)(C)C)CCC1=O.CN1CCc2nc3cc(Br)ccn3c(=O)c2CC1.CN1CCc2nc3cc(C#Cc4ccc(F)cc4)ccn3c(=O)c2CC1.Nc1cc(Br)ccn1.O=c1c2c(nc3cc(Br)ccn13)CCNCC2. The molecule has 512 valence electrons. The summed E-state index contributed by atoms with van der Waals surface area (Å²) in [4.78, 5) is 96.8. The number of carbonyl (C=O) groups excluding carboxylic acids is 3. The summed E-state index contributed by atoms with van der Waals surface area (Å²) in [7, 11) is 4.14. The zero-order valence-corrected chi connectivity index (χ0v) is 60.2. The van der Waals surface area contributed by atoms with E-state index in [0.29, 0.717) is 29.2 Å². The van der Waals surface area contributed by atoms with E-state index >= 15 is 0 Å². The number of pyridine rings is 4. The van der Waals surface area contributed by atoms with Crippen LogP contribution < -0.4 is 27.7 Å². The molecule has 25 heteroatoms. The van der Waals surface area contributed by atoms with Crippen LogP contribution in [0.3, 0.4) is 0 Å². The Labute approximate surface area is 592 Å². The number of carbonyl (C=O) groups is 3. The Bertz CT molecular complexity index is 4610. The van der Waals surface area contributed by atoms with E-state index in [0.717, 1.165) is 142 Å². The molecular formula is C73H77Br3F2N12O8. The van der Waals surface area contributed by atoms with Crippen molar-refractivity contribution in [3.8, 4) is 24.2 Å². The topological polar surface area (TPSA) is 233 Å². The number of nitrogen functional groups attached to an aromatic ring is 1. The minimum atomic E-state index is -0.762. The summed E-state index contributed by atoms with van der Waals surface area (Å²) in [6.45, 7) is 13.3. The molecule has 13 rings (SSSR count). The van der Waals surface area contributed by atoms with Gasteiger partial charge in [-0.25, -0.2) is 33.5 Å². The molecule has 1 saturated heterocycles. The number of hydrogen-bond acceptors (Lipinski definition) is 16. The second kappa shape index (κ2) is 35.6. The first-order valence-electron chi connectivity index (χ1n) is 31.9. The maximum Gasteiger partial charge on any atom is 0.410 e. The molecule has 3 N–H and O–H groups in total. The molecule has 7 aromatic heterocycles. The van der Waals surface area contributed by atoms with Crippen molar-refractivity contribution in [2.24, 2.45) is 5.92 Å². The lowest BCUT2D eigenvalue weighted by molar-refractivity contribution is -0.151. The van der Waals surface area contributed by atoms with E-state index in [2.05, 4.69) is 110 Å². The fraction of sp³-hybridized carbons (Fsp3) is 0.342. The second-order valence-electron chi connectivity index (χ2n) is 24.3. The van der Waals surface area contributed by atoms with E-state index in [-0.39, 0.29) is 60.1 Å². The molecule has 4 aliphatic heterocycles. The van der Waals surface area contributed by atoms with E-state index in [9.17, 15) is 37.5 Å². The molecule has 1 fully saturated rings. The van der Waals surface area contributed by atoms with Crippen LogP contribution in [0.15, 0.2) is 150 Å². The normalized spacial score (nSPS) is 15.2. The number of rotatable bonds is 2. The molecule has 1 amide bonds. The number of likely N-dealkylation sites (tertiary alicyclic amines) is 1. The first-order chi connectivity index (χ1) is 46.9. The summed E-state index contributed by atoms with van der Waals surface area (Å²) in [5.41, 5.74) is 14.5. The molecule has 1 unspecified atom stereocenters. The average Bonchev–Trinajstić information content (AvgIpc) is 1.15. The van der Waals surface area contributed by atoms with Crippen LogP contribution in [0.2, 0.25) is 0 Å². The minimum Gasteiger partial charge on any atom is -0.465 e. The van der Waals surface area contributed by atoms with Gasteiger partial charge >= 0.3 is 12.1 Å². The third-order valence-corrected chi connectivity index (χ3v) is 17.3.